The Labute approximate surface area is 148 Å². The van der Waals surface area contributed by atoms with Crippen LogP contribution in [0.1, 0.15) is 29.1 Å². The average molecular weight is 396 g/mol. The van der Waals surface area contributed by atoms with Crippen LogP contribution in [0.2, 0.25) is 0 Å². The molecule has 0 unspecified atom stereocenters. The Morgan fingerprint density at radius 2 is 1.83 bits per heavy atom. The van der Waals surface area contributed by atoms with Gasteiger partial charge in [0.05, 0.1) is 7.11 Å². The van der Waals surface area contributed by atoms with Crippen molar-refractivity contribution in [2.45, 2.75) is 20.8 Å². The monoisotopic (exact) mass is 395 g/mol. The predicted octanol–water partition coefficient (Wildman–Crippen LogP) is 4.87. The number of amides is 1. The molecule has 0 radical (unpaired) electrons. The molecular weight excluding hydrogens is 378 g/mol. The summed E-state index contributed by atoms with van der Waals surface area (Å²) in [6.07, 6.45) is 0. The van der Waals surface area contributed by atoms with Crippen molar-refractivity contribution in [3.05, 3.63) is 39.2 Å². The quantitative estimate of drug-likeness (QED) is 0.751. The molecule has 2 aromatic rings. The number of hydrogen-bond acceptors (Lipinski definition) is 4. The number of thiophene rings is 1. The molecule has 4 nitrogen and oxygen atoms in total. The highest BCUT2D eigenvalue weighted by molar-refractivity contribution is 9.10. The molecule has 1 amide bonds. The number of carbonyl (C=O) groups is 2. The van der Waals surface area contributed by atoms with E-state index in [2.05, 4.69) is 21.2 Å². The van der Waals surface area contributed by atoms with Crippen molar-refractivity contribution < 1.29 is 14.3 Å². The molecule has 0 bridgehead atoms. The third-order valence-corrected chi connectivity index (χ3v) is 4.92. The molecule has 23 heavy (non-hydrogen) atoms. The van der Waals surface area contributed by atoms with Crippen LogP contribution in [0.5, 0.6) is 0 Å². The van der Waals surface area contributed by atoms with E-state index in [1.165, 1.54) is 18.4 Å². The van der Waals surface area contributed by atoms with Crippen molar-refractivity contribution in [3.8, 4) is 11.1 Å². The van der Waals surface area contributed by atoms with Crippen molar-refractivity contribution in [1.29, 1.82) is 0 Å². The minimum absolute atomic E-state index is 0.126. The van der Waals surface area contributed by atoms with Gasteiger partial charge in [0.1, 0.15) is 10.6 Å². The number of esters is 1. The van der Waals surface area contributed by atoms with E-state index in [4.69, 9.17) is 4.74 Å². The average Bonchev–Trinajstić information content (AvgIpc) is 2.83. The summed E-state index contributed by atoms with van der Waals surface area (Å²) in [7, 11) is 1.34. The lowest BCUT2D eigenvalue weighted by molar-refractivity contribution is -0.118. The van der Waals surface area contributed by atoms with Gasteiger partial charge in [-0.15, -0.1) is 11.3 Å². The molecule has 1 aromatic carbocycles. The number of ether oxygens (including phenoxy) is 1. The molecule has 1 aromatic heterocycles. The summed E-state index contributed by atoms with van der Waals surface area (Å²) in [5.74, 6) is -0.746. The number of rotatable bonds is 4. The van der Waals surface area contributed by atoms with Gasteiger partial charge >= 0.3 is 5.97 Å². The van der Waals surface area contributed by atoms with Crippen molar-refractivity contribution in [1.82, 2.24) is 0 Å². The van der Waals surface area contributed by atoms with Crippen LogP contribution in [0.15, 0.2) is 28.7 Å². The molecule has 0 aliphatic rings. The van der Waals surface area contributed by atoms with Gasteiger partial charge < -0.3 is 10.1 Å². The Kier molecular flexibility index (Phi) is 5.59. The second-order valence-electron chi connectivity index (χ2n) is 5.38. The second kappa shape index (κ2) is 7.27. The van der Waals surface area contributed by atoms with Gasteiger partial charge in [0, 0.05) is 20.8 Å². The number of nitrogens with one attached hydrogen (secondary N) is 1. The van der Waals surface area contributed by atoms with E-state index in [0.717, 1.165) is 20.5 Å². The van der Waals surface area contributed by atoms with Gasteiger partial charge in [-0.3, -0.25) is 4.79 Å². The Morgan fingerprint density at radius 1 is 1.22 bits per heavy atom. The Balaban J connectivity index is 2.57. The molecule has 0 fully saturated rings. The van der Waals surface area contributed by atoms with E-state index in [-0.39, 0.29) is 11.8 Å². The van der Waals surface area contributed by atoms with E-state index in [1.807, 2.05) is 45.0 Å². The highest BCUT2D eigenvalue weighted by Gasteiger charge is 2.25. The summed E-state index contributed by atoms with van der Waals surface area (Å²) in [6, 6.07) is 7.69. The molecule has 0 aliphatic heterocycles. The first-order valence-corrected chi connectivity index (χ1v) is 8.74. The molecule has 0 saturated heterocycles. The van der Waals surface area contributed by atoms with E-state index < -0.39 is 5.97 Å². The third kappa shape index (κ3) is 3.82. The predicted molar refractivity (Wildman–Crippen MR) is 97.0 cm³/mol. The number of aryl methyl sites for hydroxylation is 1. The summed E-state index contributed by atoms with van der Waals surface area (Å²) >= 11 is 4.79. The fourth-order valence-electron chi connectivity index (χ4n) is 2.15. The number of hydrogen-bond donors (Lipinski definition) is 1. The lowest BCUT2D eigenvalue weighted by atomic mass is 10.0. The Morgan fingerprint density at radius 3 is 2.35 bits per heavy atom. The largest absolute Gasteiger partial charge is 0.465 e. The van der Waals surface area contributed by atoms with Gasteiger partial charge in [0.25, 0.3) is 0 Å². The normalized spacial score (nSPS) is 10.7. The Bertz CT molecular complexity index is 735. The maximum absolute atomic E-state index is 12.3. The number of methoxy groups -OCH3 is 1. The standard InChI is InChI=1S/C17H18BrNO3S/c1-9(2)15(20)19-16-14(17(21)22-4)13(10(3)23-16)11-5-7-12(18)8-6-11/h5-9H,1-4H3,(H,19,20). The molecule has 0 aliphatic carbocycles. The van der Waals surface area contributed by atoms with Crippen LogP contribution in [0, 0.1) is 12.8 Å². The smallest absolute Gasteiger partial charge is 0.341 e. The van der Waals surface area contributed by atoms with E-state index >= 15 is 0 Å². The summed E-state index contributed by atoms with van der Waals surface area (Å²) in [6.45, 7) is 5.55. The summed E-state index contributed by atoms with van der Waals surface area (Å²) in [5, 5.41) is 3.37. The van der Waals surface area contributed by atoms with Gasteiger partial charge in [-0.25, -0.2) is 4.79 Å². The van der Waals surface area contributed by atoms with Crippen LogP contribution in [0.3, 0.4) is 0 Å². The second-order valence-corrected chi connectivity index (χ2v) is 7.52. The van der Waals surface area contributed by atoms with E-state index in [1.54, 1.807) is 0 Å². The first kappa shape index (κ1) is 17.7. The molecule has 122 valence electrons. The summed E-state index contributed by atoms with van der Waals surface area (Å²) in [5.41, 5.74) is 2.12. The molecule has 2 rings (SSSR count). The molecule has 1 heterocycles. The maximum Gasteiger partial charge on any atom is 0.341 e. The van der Waals surface area contributed by atoms with Crippen LogP contribution in [-0.4, -0.2) is 19.0 Å². The number of anilines is 1. The van der Waals surface area contributed by atoms with Crippen molar-refractivity contribution in [3.63, 3.8) is 0 Å². The zero-order chi connectivity index (χ0) is 17.1. The Hall–Kier alpha value is -1.66. The van der Waals surface area contributed by atoms with Crippen molar-refractivity contribution >= 4 is 44.1 Å². The van der Waals surface area contributed by atoms with Gasteiger partial charge in [0.2, 0.25) is 5.91 Å². The summed E-state index contributed by atoms with van der Waals surface area (Å²) in [4.78, 5) is 25.2. The first-order chi connectivity index (χ1) is 10.8. The SMILES string of the molecule is COC(=O)c1c(NC(=O)C(C)C)sc(C)c1-c1ccc(Br)cc1. The van der Waals surface area contributed by atoms with Crippen LogP contribution in [-0.2, 0) is 9.53 Å². The van der Waals surface area contributed by atoms with Crippen LogP contribution >= 0.6 is 27.3 Å². The topological polar surface area (TPSA) is 55.4 Å². The maximum atomic E-state index is 12.3. The zero-order valence-electron chi connectivity index (χ0n) is 13.4. The lowest BCUT2D eigenvalue weighted by Crippen LogP contribution is -2.18. The van der Waals surface area contributed by atoms with Gasteiger partial charge in [-0.2, -0.15) is 0 Å². The van der Waals surface area contributed by atoms with Gasteiger partial charge in [-0.1, -0.05) is 41.9 Å². The van der Waals surface area contributed by atoms with E-state index in [0.29, 0.717) is 10.6 Å². The van der Waals surface area contributed by atoms with Crippen LogP contribution < -0.4 is 5.32 Å². The highest BCUT2D eigenvalue weighted by atomic mass is 79.9. The zero-order valence-corrected chi connectivity index (χ0v) is 15.8. The van der Waals surface area contributed by atoms with Gasteiger partial charge in [-0.05, 0) is 24.6 Å². The van der Waals surface area contributed by atoms with Crippen LogP contribution in [0.25, 0.3) is 11.1 Å². The molecule has 0 spiro atoms. The van der Waals surface area contributed by atoms with Crippen molar-refractivity contribution in [2.24, 2.45) is 5.92 Å². The minimum atomic E-state index is -0.452. The molecule has 1 N–H and O–H groups in total. The fraction of sp³-hybridized carbons (Fsp3) is 0.294. The third-order valence-electron chi connectivity index (χ3n) is 3.37. The van der Waals surface area contributed by atoms with E-state index in [9.17, 15) is 9.59 Å². The van der Waals surface area contributed by atoms with Gasteiger partial charge in [0.15, 0.2) is 0 Å². The highest BCUT2D eigenvalue weighted by Crippen LogP contribution is 2.40. The van der Waals surface area contributed by atoms with Crippen LogP contribution in [0.4, 0.5) is 5.00 Å². The number of halogens is 1. The number of benzene rings is 1. The first-order valence-electron chi connectivity index (χ1n) is 7.13. The molecular formula is C17H18BrNO3S. The molecule has 0 atom stereocenters. The minimum Gasteiger partial charge on any atom is -0.465 e. The van der Waals surface area contributed by atoms with Crippen molar-refractivity contribution in [2.75, 3.05) is 12.4 Å². The fourth-order valence-corrected chi connectivity index (χ4v) is 3.48. The number of carbonyl (C=O) groups excluding carboxylic acids is 2. The summed E-state index contributed by atoms with van der Waals surface area (Å²) < 4.78 is 5.89. The molecule has 0 saturated carbocycles. The molecule has 6 heteroatoms. The lowest BCUT2D eigenvalue weighted by Gasteiger charge is -2.09.